The van der Waals surface area contributed by atoms with Crippen LogP contribution >= 0.6 is 11.6 Å². The molecule has 2 amide bonds. The van der Waals surface area contributed by atoms with E-state index in [4.69, 9.17) is 16.3 Å². The Labute approximate surface area is 198 Å². The zero-order chi connectivity index (χ0) is 24.2. The summed E-state index contributed by atoms with van der Waals surface area (Å²) in [5.74, 6) is -0.451. The number of halogens is 2. The van der Waals surface area contributed by atoms with Gasteiger partial charge in [-0.1, -0.05) is 29.8 Å². The molecule has 0 spiro atoms. The van der Waals surface area contributed by atoms with E-state index in [9.17, 15) is 14.0 Å². The molecule has 2 heterocycles. The second-order valence-corrected chi connectivity index (χ2v) is 7.81. The monoisotopic (exact) mass is 482 g/mol. The van der Waals surface area contributed by atoms with Gasteiger partial charge in [0.1, 0.15) is 28.9 Å². The molecule has 0 saturated carbocycles. The lowest BCUT2D eigenvalue weighted by molar-refractivity contribution is -0.115. The summed E-state index contributed by atoms with van der Waals surface area (Å²) >= 11 is 5.79. The van der Waals surface area contributed by atoms with E-state index < -0.39 is 11.7 Å². The van der Waals surface area contributed by atoms with Crippen LogP contribution in [0.4, 0.5) is 10.2 Å². The second kappa shape index (κ2) is 9.84. The van der Waals surface area contributed by atoms with Gasteiger partial charge in [0.15, 0.2) is 11.5 Å². The van der Waals surface area contributed by atoms with Crippen LogP contribution in [0.2, 0.25) is 5.02 Å². The molecule has 34 heavy (non-hydrogen) atoms. The largest absolute Gasteiger partial charge is 0.497 e. The SMILES string of the molecule is COc1cccc(CC(=O)Nc2nn(C)c3c(C(=O)NCc4ccc(F)c(Cl)c4)ncnc23)c1. The molecule has 4 rings (SSSR count). The number of hydrogen-bond acceptors (Lipinski definition) is 6. The fourth-order valence-corrected chi connectivity index (χ4v) is 3.62. The topological polar surface area (TPSA) is 111 Å². The van der Waals surface area contributed by atoms with Gasteiger partial charge in [-0.25, -0.2) is 14.4 Å². The number of aryl methyl sites for hydroxylation is 1. The molecule has 0 fully saturated rings. The molecule has 0 unspecified atom stereocenters. The number of ether oxygens (including phenoxy) is 1. The normalized spacial score (nSPS) is 10.8. The number of nitrogens with zero attached hydrogens (tertiary/aromatic N) is 4. The average molecular weight is 483 g/mol. The van der Waals surface area contributed by atoms with E-state index in [0.29, 0.717) is 22.3 Å². The predicted octanol–water partition coefficient (Wildman–Crippen LogP) is 3.28. The maximum Gasteiger partial charge on any atom is 0.272 e. The molecule has 0 bridgehead atoms. The summed E-state index contributed by atoms with van der Waals surface area (Å²) in [6, 6.07) is 11.4. The number of anilines is 1. The third kappa shape index (κ3) is 4.96. The van der Waals surface area contributed by atoms with Crippen molar-refractivity contribution in [3.8, 4) is 5.75 Å². The van der Waals surface area contributed by atoms with Crippen molar-refractivity contribution >= 4 is 40.3 Å². The van der Waals surface area contributed by atoms with Crippen molar-refractivity contribution in [3.63, 3.8) is 0 Å². The van der Waals surface area contributed by atoms with Gasteiger partial charge in [-0.2, -0.15) is 5.10 Å². The molecule has 0 aliphatic heterocycles. The molecule has 0 radical (unpaired) electrons. The number of carbonyl (C=O) groups excluding carboxylic acids is 2. The first-order valence-corrected chi connectivity index (χ1v) is 10.6. The number of nitrogens with one attached hydrogen (secondary N) is 2. The molecule has 9 nitrogen and oxygen atoms in total. The number of aromatic nitrogens is 4. The van der Waals surface area contributed by atoms with Crippen molar-refractivity contribution in [1.29, 1.82) is 0 Å². The highest BCUT2D eigenvalue weighted by atomic mass is 35.5. The van der Waals surface area contributed by atoms with Crippen LogP contribution in [-0.2, 0) is 24.8 Å². The number of fused-ring (bicyclic) bond motifs is 1. The van der Waals surface area contributed by atoms with Crippen LogP contribution in [0.25, 0.3) is 11.0 Å². The van der Waals surface area contributed by atoms with Gasteiger partial charge in [-0.15, -0.1) is 0 Å². The average Bonchev–Trinajstić information content (AvgIpc) is 3.14. The molecule has 0 aliphatic carbocycles. The number of hydrogen-bond donors (Lipinski definition) is 2. The van der Waals surface area contributed by atoms with E-state index >= 15 is 0 Å². The van der Waals surface area contributed by atoms with E-state index in [-0.39, 0.29) is 35.4 Å². The maximum atomic E-state index is 13.3. The van der Waals surface area contributed by atoms with Gasteiger partial charge in [0.2, 0.25) is 5.91 Å². The Morgan fingerprint density at radius 2 is 1.97 bits per heavy atom. The minimum Gasteiger partial charge on any atom is -0.497 e. The third-order valence-corrected chi connectivity index (χ3v) is 5.32. The fraction of sp³-hybridized carbons (Fsp3) is 0.174. The van der Waals surface area contributed by atoms with E-state index in [1.54, 1.807) is 32.4 Å². The summed E-state index contributed by atoms with van der Waals surface area (Å²) in [5.41, 5.74) is 2.16. The molecular weight excluding hydrogens is 463 g/mol. The molecule has 4 aromatic rings. The summed E-state index contributed by atoms with van der Waals surface area (Å²) in [5, 5.41) is 9.74. The fourth-order valence-electron chi connectivity index (χ4n) is 3.42. The molecule has 2 aromatic heterocycles. The minimum atomic E-state index is -0.537. The molecule has 0 aliphatic rings. The highest BCUT2D eigenvalue weighted by Gasteiger charge is 2.21. The van der Waals surface area contributed by atoms with E-state index in [2.05, 4.69) is 25.7 Å². The minimum absolute atomic E-state index is 0.0304. The molecular formula is C23H20ClFN6O3. The Hall–Kier alpha value is -4.05. The van der Waals surface area contributed by atoms with Gasteiger partial charge < -0.3 is 15.4 Å². The van der Waals surface area contributed by atoms with Crippen molar-refractivity contribution in [2.45, 2.75) is 13.0 Å². The van der Waals surface area contributed by atoms with Gasteiger partial charge in [-0.05, 0) is 35.4 Å². The molecule has 11 heteroatoms. The Kier molecular flexibility index (Phi) is 6.69. The lowest BCUT2D eigenvalue weighted by atomic mass is 10.1. The molecule has 174 valence electrons. The first kappa shape index (κ1) is 23.1. The zero-order valence-corrected chi connectivity index (χ0v) is 19.1. The van der Waals surface area contributed by atoms with Crippen LogP contribution in [-0.4, -0.2) is 38.7 Å². The summed E-state index contributed by atoms with van der Waals surface area (Å²) in [6.07, 6.45) is 1.33. The van der Waals surface area contributed by atoms with Crippen LogP contribution in [0.1, 0.15) is 21.6 Å². The quantitative estimate of drug-likeness (QED) is 0.418. The standard InChI is InChI=1S/C23H20ClFN6O3/c1-31-21-19(22(30-31)29-18(32)10-13-4-3-5-15(8-13)34-2)27-12-28-20(21)23(33)26-11-14-6-7-17(25)16(24)9-14/h3-9,12H,10-11H2,1-2H3,(H,26,33)(H,29,30,32). The molecule has 0 atom stereocenters. The first-order valence-electron chi connectivity index (χ1n) is 10.2. The van der Waals surface area contributed by atoms with Gasteiger partial charge in [0, 0.05) is 13.6 Å². The predicted molar refractivity (Wildman–Crippen MR) is 124 cm³/mol. The van der Waals surface area contributed by atoms with E-state index in [1.807, 2.05) is 6.07 Å². The molecule has 0 saturated heterocycles. The van der Waals surface area contributed by atoms with Crippen molar-refractivity contribution in [2.75, 3.05) is 12.4 Å². The van der Waals surface area contributed by atoms with Crippen LogP contribution in [0, 0.1) is 5.82 Å². The van der Waals surface area contributed by atoms with E-state index in [1.165, 1.54) is 29.2 Å². The number of benzene rings is 2. The Balaban J connectivity index is 1.51. The smallest absolute Gasteiger partial charge is 0.272 e. The van der Waals surface area contributed by atoms with Gasteiger partial charge >= 0.3 is 0 Å². The number of carbonyl (C=O) groups is 2. The number of amides is 2. The van der Waals surface area contributed by atoms with Crippen LogP contribution in [0.5, 0.6) is 5.75 Å². The Morgan fingerprint density at radius 3 is 2.74 bits per heavy atom. The molecule has 2 aromatic carbocycles. The van der Waals surface area contributed by atoms with Crippen molar-refractivity contribution in [2.24, 2.45) is 7.05 Å². The summed E-state index contributed by atoms with van der Waals surface area (Å²) in [4.78, 5) is 33.7. The number of rotatable bonds is 7. The van der Waals surface area contributed by atoms with E-state index in [0.717, 1.165) is 5.56 Å². The summed E-state index contributed by atoms with van der Waals surface area (Å²) < 4.78 is 20.0. The zero-order valence-electron chi connectivity index (χ0n) is 18.3. The second-order valence-electron chi connectivity index (χ2n) is 7.40. The summed E-state index contributed by atoms with van der Waals surface area (Å²) in [7, 11) is 3.18. The van der Waals surface area contributed by atoms with Crippen molar-refractivity contribution in [3.05, 3.63) is 76.5 Å². The van der Waals surface area contributed by atoms with Gasteiger partial charge in [0.25, 0.3) is 5.91 Å². The van der Waals surface area contributed by atoms with Gasteiger partial charge in [-0.3, -0.25) is 14.3 Å². The Morgan fingerprint density at radius 1 is 1.15 bits per heavy atom. The Bertz CT molecular complexity index is 1390. The van der Waals surface area contributed by atoms with Crippen molar-refractivity contribution < 1.29 is 18.7 Å². The highest BCUT2D eigenvalue weighted by molar-refractivity contribution is 6.30. The number of methoxy groups -OCH3 is 1. The van der Waals surface area contributed by atoms with Crippen LogP contribution in [0.15, 0.2) is 48.8 Å². The maximum absolute atomic E-state index is 13.3. The third-order valence-electron chi connectivity index (χ3n) is 5.03. The highest BCUT2D eigenvalue weighted by Crippen LogP contribution is 2.23. The first-order chi connectivity index (χ1) is 16.4. The van der Waals surface area contributed by atoms with Crippen LogP contribution < -0.4 is 15.4 Å². The van der Waals surface area contributed by atoms with Crippen molar-refractivity contribution in [1.82, 2.24) is 25.1 Å². The van der Waals surface area contributed by atoms with Crippen LogP contribution in [0.3, 0.4) is 0 Å². The lowest BCUT2D eigenvalue weighted by Gasteiger charge is -2.07. The summed E-state index contributed by atoms with van der Waals surface area (Å²) in [6.45, 7) is 0.117. The van der Waals surface area contributed by atoms with Gasteiger partial charge in [0.05, 0.1) is 18.6 Å². The lowest BCUT2D eigenvalue weighted by Crippen LogP contribution is -2.24. The molecule has 2 N–H and O–H groups in total.